The summed E-state index contributed by atoms with van der Waals surface area (Å²) in [5.74, 6) is 3.16. The molecule has 0 fully saturated rings. The molecule has 1 atom stereocenters. The van der Waals surface area contributed by atoms with Crippen LogP contribution in [-0.4, -0.2) is 41.9 Å². The minimum absolute atomic E-state index is 0.313. The van der Waals surface area contributed by atoms with Gasteiger partial charge in [0.15, 0.2) is 28.7 Å². The molecule has 0 radical (unpaired) electrons. The second-order valence-electron chi connectivity index (χ2n) is 6.52. The highest BCUT2D eigenvalue weighted by molar-refractivity contribution is 7.22. The van der Waals surface area contributed by atoms with Gasteiger partial charge in [-0.25, -0.2) is 4.99 Å². The Bertz CT molecular complexity index is 1140. The molecule has 1 aliphatic rings. The summed E-state index contributed by atoms with van der Waals surface area (Å²) in [4.78, 5) is 4.39. The van der Waals surface area contributed by atoms with Crippen LogP contribution in [-0.2, 0) is 0 Å². The van der Waals surface area contributed by atoms with Crippen molar-refractivity contribution in [3.05, 3.63) is 42.7 Å². The molecule has 2 heterocycles. The zero-order valence-electron chi connectivity index (χ0n) is 17.5. The van der Waals surface area contributed by atoms with Gasteiger partial charge in [-0.2, -0.15) is 4.48 Å². The van der Waals surface area contributed by atoms with E-state index >= 15 is 0 Å². The third kappa shape index (κ3) is 2.96. The number of nitrogens with zero attached hydrogens (tertiary/aromatic N) is 2. The molecule has 30 heavy (non-hydrogen) atoms. The monoisotopic (exact) mass is 427 g/mol. The van der Waals surface area contributed by atoms with Gasteiger partial charge in [-0.15, -0.1) is 0 Å². The zero-order chi connectivity index (χ0) is 21.3. The van der Waals surface area contributed by atoms with E-state index in [0.717, 1.165) is 20.8 Å². The molecule has 4 rings (SSSR count). The second-order valence-corrected chi connectivity index (χ2v) is 7.58. The summed E-state index contributed by atoms with van der Waals surface area (Å²) in [6.07, 6.45) is 5.69. The van der Waals surface area contributed by atoms with E-state index in [9.17, 15) is 0 Å². The molecule has 7 nitrogen and oxygen atoms in total. The van der Waals surface area contributed by atoms with Gasteiger partial charge in [-0.1, -0.05) is 11.3 Å². The number of quaternary nitrogens is 1. The molecule has 0 saturated heterocycles. The highest BCUT2D eigenvalue weighted by atomic mass is 32.1. The summed E-state index contributed by atoms with van der Waals surface area (Å²) in [5.41, 5.74) is 0.967. The lowest BCUT2D eigenvalue weighted by molar-refractivity contribution is 0.327. The average Bonchev–Trinajstić information content (AvgIpc) is 3.45. The lowest BCUT2D eigenvalue weighted by atomic mass is 10.2. The Morgan fingerprint density at radius 3 is 2.10 bits per heavy atom. The van der Waals surface area contributed by atoms with Crippen molar-refractivity contribution in [3.8, 4) is 28.7 Å². The summed E-state index contributed by atoms with van der Waals surface area (Å²) in [5, 5.41) is 1.98. The number of aliphatic imine (C=N–C) groups is 1. The molecule has 0 bridgehead atoms. The van der Waals surface area contributed by atoms with Gasteiger partial charge in [0.25, 0.3) is 0 Å². The number of hydrogen-bond donors (Lipinski definition) is 0. The molecule has 0 aliphatic carbocycles. The fraction of sp³-hybridized carbons (Fsp3) is 0.227. The standard InChI is InChI=1S/C22H23N2O5S/c1-25-16-7-6-14(10-17(16)26-2)24(9-8-23-13-24)20-11-15-19(30-20)12-18(27-3)22(29-5)21(15)28-4/h6-13H,1-5H3/q+1. The first-order valence-electron chi connectivity index (χ1n) is 9.18. The quantitative estimate of drug-likeness (QED) is 0.491. The molecular weight excluding hydrogens is 404 g/mol. The van der Waals surface area contributed by atoms with Crippen molar-refractivity contribution in [3.63, 3.8) is 0 Å². The first kappa shape index (κ1) is 20.1. The number of benzene rings is 2. The first-order valence-corrected chi connectivity index (χ1v) is 9.99. The Morgan fingerprint density at radius 2 is 1.50 bits per heavy atom. The van der Waals surface area contributed by atoms with Crippen molar-refractivity contribution in [2.45, 2.75) is 0 Å². The van der Waals surface area contributed by atoms with E-state index < -0.39 is 0 Å². The van der Waals surface area contributed by atoms with Crippen LogP contribution in [0.5, 0.6) is 28.7 Å². The van der Waals surface area contributed by atoms with Gasteiger partial charge in [-0.3, -0.25) is 0 Å². The van der Waals surface area contributed by atoms with E-state index in [1.54, 1.807) is 53.1 Å². The van der Waals surface area contributed by atoms with Gasteiger partial charge in [0, 0.05) is 34.4 Å². The summed E-state index contributed by atoms with van der Waals surface area (Å²) < 4.78 is 29.0. The maximum atomic E-state index is 5.68. The van der Waals surface area contributed by atoms with E-state index in [-0.39, 0.29) is 0 Å². The predicted octanol–water partition coefficient (Wildman–Crippen LogP) is 5.10. The molecule has 2 aromatic carbocycles. The Balaban J connectivity index is 1.95. The van der Waals surface area contributed by atoms with E-state index in [1.165, 1.54) is 0 Å². The van der Waals surface area contributed by atoms with Crippen molar-refractivity contribution < 1.29 is 23.7 Å². The summed E-state index contributed by atoms with van der Waals surface area (Å²) in [6, 6.07) is 9.93. The normalized spacial score (nSPS) is 17.4. The van der Waals surface area contributed by atoms with Crippen LogP contribution in [0.25, 0.3) is 10.1 Å². The smallest absolute Gasteiger partial charge is 0.205 e. The number of fused-ring (bicyclic) bond motifs is 1. The maximum Gasteiger partial charge on any atom is 0.205 e. The van der Waals surface area contributed by atoms with Crippen molar-refractivity contribution >= 4 is 38.4 Å². The molecule has 1 aromatic heterocycles. The Labute approximate surface area is 178 Å². The SMILES string of the molecule is COc1ccc([N+]2(c3cc4c(OC)c(OC)c(OC)cc4s3)C=CN=C2)cc1OC. The zero-order valence-corrected chi connectivity index (χ0v) is 18.3. The molecule has 0 N–H and O–H groups in total. The Hall–Kier alpha value is -3.23. The van der Waals surface area contributed by atoms with Gasteiger partial charge in [0.1, 0.15) is 6.20 Å². The van der Waals surface area contributed by atoms with Gasteiger partial charge < -0.3 is 23.7 Å². The van der Waals surface area contributed by atoms with Crippen LogP contribution < -0.4 is 28.2 Å². The molecule has 1 unspecified atom stereocenters. The van der Waals surface area contributed by atoms with Crippen LogP contribution >= 0.6 is 11.3 Å². The van der Waals surface area contributed by atoms with Gasteiger partial charge in [-0.05, 0) is 6.07 Å². The molecular formula is C22H23N2O5S+. The van der Waals surface area contributed by atoms with Gasteiger partial charge >= 0.3 is 0 Å². The van der Waals surface area contributed by atoms with Crippen LogP contribution in [0.1, 0.15) is 0 Å². The van der Waals surface area contributed by atoms with E-state index in [0.29, 0.717) is 33.2 Å². The van der Waals surface area contributed by atoms with Crippen LogP contribution in [0.15, 0.2) is 47.7 Å². The molecule has 1 aliphatic heterocycles. The van der Waals surface area contributed by atoms with Crippen LogP contribution in [0.4, 0.5) is 10.7 Å². The average molecular weight is 428 g/mol. The Morgan fingerprint density at radius 1 is 0.767 bits per heavy atom. The Kier molecular flexibility index (Phi) is 5.27. The van der Waals surface area contributed by atoms with Gasteiger partial charge in [0.05, 0.1) is 41.7 Å². The highest BCUT2D eigenvalue weighted by Gasteiger charge is 2.36. The first-order chi connectivity index (χ1) is 14.6. The number of rotatable bonds is 7. The number of ether oxygens (including phenoxy) is 5. The highest BCUT2D eigenvalue weighted by Crippen LogP contribution is 2.51. The summed E-state index contributed by atoms with van der Waals surface area (Å²) in [6.45, 7) is 0. The minimum Gasteiger partial charge on any atom is -0.493 e. The predicted molar refractivity (Wildman–Crippen MR) is 120 cm³/mol. The number of thiophene rings is 1. The minimum atomic E-state index is 0.313. The van der Waals surface area contributed by atoms with Crippen LogP contribution in [0, 0.1) is 0 Å². The lowest BCUT2D eigenvalue weighted by Crippen LogP contribution is -2.33. The molecule has 0 saturated carbocycles. The second kappa shape index (κ2) is 7.89. The number of hydrogen-bond acceptors (Lipinski definition) is 7. The molecule has 0 spiro atoms. The van der Waals surface area contributed by atoms with E-state index in [1.807, 2.05) is 36.8 Å². The topological polar surface area (TPSA) is 58.5 Å². The molecule has 3 aromatic rings. The van der Waals surface area contributed by atoms with E-state index in [2.05, 4.69) is 11.1 Å². The largest absolute Gasteiger partial charge is 0.493 e. The fourth-order valence-corrected chi connectivity index (χ4v) is 4.81. The third-order valence-corrected chi connectivity index (χ3v) is 6.30. The van der Waals surface area contributed by atoms with Gasteiger partial charge in [0.2, 0.25) is 17.1 Å². The van der Waals surface area contributed by atoms with E-state index in [4.69, 9.17) is 23.7 Å². The third-order valence-electron chi connectivity index (χ3n) is 5.11. The molecule has 8 heteroatoms. The van der Waals surface area contributed by atoms with Crippen molar-refractivity contribution in [2.75, 3.05) is 35.5 Å². The fourth-order valence-electron chi connectivity index (χ4n) is 3.62. The summed E-state index contributed by atoms with van der Waals surface area (Å²) >= 11 is 1.63. The number of methoxy groups -OCH3 is 5. The van der Waals surface area contributed by atoms with Crippen molar-refractivity contribution in [1.29, 1.82) is 0 Å². The van der Waals surface area contributed by atoms with Crippen molar-refractivity contribution in [1.82, 2.24) is 4.48 Å². The molecule has 156 valence electrons. The van der Waals surface area contributed by atoms with Crippen LogP contribution in [0.2, 0.25) is 0 Å². The molecule has 0 amide bonds. The maximum absolute atomic E-state index is 5.68. The van der Waals surface area contributed by atoms with Crippen molar-refractivity contribution in [2.24, 2.45) is 4.99 Å². The summed E-state index contributed by atoms with van der Waals surface area (Å²) in [7, 11) is 8.10. The van der Waals surface area contributed by atoms with Crippen LogP contribution in [0.3, 0.4) is 0 Å². The lowest BCUT2D eigenvalue weighted by Gasteiger charge is -2.25.